The van der Waals surface area contributed by atoms with Crippen LogP contribution in [0.5, 0.6) is 23.0 Å². The van der Waals surface area contributed by atoms with Crippen LogP contribution in [0.2, 0.25) is 0 Å². The van der Waals surface area contributed by atoms with Crippen molar-refractivity contribution >= 4 is 107 Å². The van der Waals surface area contributed by atoms with Gasteiger partial charge in [0.1, 0.15) is 29.6 Å². The third-order valence-electron chi connectivity index (χ3n) is 18.7. The number of nitrogens with one attached hydrogen (secondary N) is 2. The van der Waals surface area contributed by atoms with E-state index in [1.165, 1.54) is 37.5 Å². The number of carboxylic acid groups (broad SMARTS) is 1. The topological polar surface area (TPSA) is 349 Å². The van der Waals surface area contributed by atoms with Crippen molar-refractivity contribution in [2.45, 2.75) is 77.2 Å². The van der Waals surface area contributed by atoms with Crippen LogP contribution in [0.25, 0.3) is 55.0 Å². The molecule has 0 aromatic heterocycles. The molecule has 0 fully saturated rings. The Hall–Kier alpha value is -16.9. The van der Waals surface area contributed by atoms with Crippen LogP contribution in [0, 0.1) is 19.7 Å². The summed E-state index contributed by atoms with van der Waals surface area (Å²) < 4.78 is 46.7. The zero-order valence-corrected chi connectivity index (χ0v) is 72.3. The molecule has 9 aromatic carbocycles. The van der Waals surface area contributed by atoms with E-state index < -0.39 is 65.4 Å². The smallest absolute Gasteiger partial charge is 0.343 e. The first-order valence-corrected chi connectivity index (χ1v) is 41.9. The zero-order valence-electron chi connectivity index (χ0n) is 72.3. The van der Waals surface area contributed by atoms with Crippen LogP contribution in [0.4, 0.5) is 17.1 Å². The van der Waals surface area contributed by atoms with E-state index in [1.807, 2.05) is 121 Å². The number of aliphatic carboxylic acids is 1. The maximum absolute atomic E-state index is 12.5. The number of carbonyl (C=O) groups is 12. The number of methoxy groups -OCH3 is 1. The summed E-state index contributed by atoms with van der Waals surface area (Å²) in [6.07, 6.45) is 26.6. The first-order chi connectivity index (χ1) is 64.1. The SMILES string of the molecule is O=C1C=CC(=O)O1.[C-]#[N+]CCCCCOc1ccc(C(=O)Oc2ccc(/C=C/C(=O)OCc3ccc(N4C(=O)C=CC4=O)cc3)cc2)cc1.[C-]#[N+]CCCOc1ccc(-c2ccc(/C=C/C(=O)OCCCCc3ccc(NC(=O)/C=C\C(=O)O)cc3)cc2)cc1.[C-]#[N+]CCCOc1ccc(-c2ccc(/C=C/C(=O)OCCCCc3ccc(NC(=O)/C=C\C(=O)OC)cc3)cc2)cc1. The van der Waals surface area contributed by atoms with Gasteiger partial charge in [0, 0.05) is 84.6 Å². The molecule has 28 heteroatoms. The third-order valence-corrected chi connectivity index (χ3v) is 18.7. The lowest BCUT2D eigenvalue weighted by molar-refractivity contribution is -0.150. The fraction of sp³-hybridized carbons (Fsp3) is 0.202. The number of amides is 4. The molecule has 0 atom stereocenters. The van der Waals surface area contributed by atoms with Crippen LogP contribution in [-0.2, 0) is 95.9 Å². The number of nitrogens with zero attached hydrogens (tertiary/aromatic N) is 4. The van der Waals surface area contributed by atoms with Crippen molar-refractivity contribution in [2.75, 3.05) is 75.3 Å². The number of rotatable bonds is 43. The number of benzene rings is 9. The van der Waals surface area contributed by atoms with Gasteiger partial charge in [-0.1, -0.05) is 121 Å². The summed E-state index contributed by atoms with van der Waals surface area (Å²) in [6.45, 7) is 24.1. The number of cyclic esters (lactones) is 2. The number of carbonyl (C=O) groups excluding carboxylic acids is 11. The molecule has 0 spiro atoms. The number of esters is 7. The van der Waals surface area contributed by atoms with Gasteiger partial charge >= 0.3 is 47.8 Å². The highest BCUT2D eigenvalue weighted by molar-refractivity contribution is 6.28. The van der Waals surface area contributed by atoms with E-state index in [1.54, 1.807) is 115 Å². The second-order valence-electron chi connectivity index (χ2n) is 28.6. The van der Waals surface area contributed by atoms with E-state index in [0.717, 1.165) is 162 Å². The first kappa shape index (κ1) is 100. The molecule has 0 aliphatic carbocycles. The first-order valence-electron chi connectivity index (χ1n) is 41.9. The molecular formula is C104H96N6O22. The lowest BCUT2D eigenvalue weighted by atomic mass is 10.0. The maximum Gasteiger partial charge on any atom is 0.343 e. The van der Waals surface area contributed by atoms with Gasteiger partial charge in [-0.05, 0) is 222 Å². The Labute approximate surface area is 764 Å². The number of imide groups is 1. The van der Waals surface area contributed by atoms with Gasteiger partial charge < -0.3 is 72.9 Å². The Morgan fingerprint density at radius 2 is 0.742 bits per heavy atom. The average Bonchev–Trinajstić information content (AvgIpc) is 1.69. The number of ether oxygens (including phenoxy) is 9. The number of anilines is 3. The lowest BCUT2D eigenvalue weighted by Crippen LogP contribution is -2.29. The molecule has 9 aromatic rings. The van der Waals surface area contributed by atoms with Crippen molar-refractivity contribution in [1.82, 2.24) is 0 Å². The van der Waals surface area contributed by atoms with Crippen LogP contribution >= 0.6 is 0 Å². The van der Waals surface area contributed by atoms with Gasteiger partial charge in [-0.25, -0.2) is 63.0 Å². The minimum absolute atomic E-state index is 0.0236. The molecule has 0 radical (unpaired) electrons. The molecule has 4 amide bonds. The molecule has 132 heavy (non-hydrogen) atoms. The van der Waals surface area contributed by atoms with Crippen molar-refractivity contribution in [3.63, 3.8) is 0 Å². The number of hydrogen-bond donors (Lipinski definition) is 3. The Morgan fingerprint density at radius 1 is 0.371 bits per heavy atom. The molecule has 2 aliphatic heterocycles. The van der Waals surface area contributed by atoms with Gasteiger partial charge in [0.2, 0.25) is 31.4 Å². The third kappa shape index (κ3) is 38.9. The zero-order chi connectivity index (χ0) is 94.3. The van der Waals surface area contributed by atoms with Gasteiger partial charge in [0.05, 0.1) is 64.2 Å². The second-order valence-corrected chi connectivity index (χ2v) is 28.6. The largest absolute Gasteiger partial charge is 0.494 e. The molecule has 3 N–H and O–H groups in total. The highest BCUT2D eigenvalue weighted by Crippen LogP contribution is 2.28. The summed E-state index contributed by atoms with van der Waals surface area (Å²) in [5.74, 6) is -3.89. The quantitative estimate of drug-likeness (QED) is 0.00467. The van der Waals surface area contributed by atoms with Gasteiger partial charge in [0.25, 0.3) is 11.8 Å². The van der Waals surface area contributed by atoms with Crippen LogP contribution in [-0.4, -0.2) is 136 Å². The summed E-state index contributed by atoms with van der Waals surface area (Å²) in [6, 6.07) is 66.1. The normalized spacial score (nSPS) is 11.7. The Morgan fingerprint density at radius 3 is 1.15 bits per heavy atom. The minimum atomic E-state index is -1.18. The Kier molecular flexibility index (Phi) is 43.3. The molecule has 0 bridgehead atoms. The maximum atomic E-state index is 12.5. The summed E-state index contributed by atoms with van der Waals surface area (Å²) in [4.78, 5) is 148. The summed E-state index contributed by atoms with van der Waals surface area (Å²) >= 11 is 0. The van der Waals surface area contributed by atoms with Crippen molar-refractivity contribution in [3.05, 3.63) is 358 Å². The summed E-state index contributed by atoms with van der Waals surface area (Å²) in [5.41, 5.74) is 11.6. The van der Waals surface area contributed by atoms with Crippen molar-refractivity contribution < 1.29 is 105 Å². The van der Waals surface area contributed by atoms with Gasteiger partial charge in [-0.2, -0.15) is 0 Å². The molecule has 0 unspecified atom stereocenters. The van der Waals surface area contributed by atoms with Crippen molar-refractivity contribution in [1.29, 1.82) is 0 Å². The molecule has 2 heterocycles. The number of aryl methyl sites for hydroxylation is 2. The summed E-state index contributed by atoms with van der Waals surface area (Å²) in [7, 11) is 1.24. The standard InChI is InChI=1S/C34H34N2O6.C33H28N2O7.C33H32N2O6.C4H2O3/c1-35-23-5-25-41-31-18-14-29(15-19-31)28-12-7-27(8-13-28)11-21-34(39)42-24-4-3-6-26-9-16-30(17-10-26)36-32(37)20-22-33(38)40-2;1-34-21-3-2-4-22-40-28-16-10-26(11-17-28)33(39)42-29-14-7-24(8-15-29)9-20-32(38)41-23-25-5-12-27(13-6-25)35-30(36)18-19-31(35)37;1-34-22-4-24-40-30-17-13-28(14-18-30)27-11-6-26(7-12-27)10-21-33(39)41-23-3-2-5-25-8-15-29(16-9-25)35-31(36)19-20-32(37)38;5-3-1-2-4(6)7-3/h7-22H,3-6,23-25H2,2H3,(H,36,37);5-20H,2-4,21-23H2;6-21H,2-5,22-24H2,(H,35,36)(H,37,38);1-2H/b21-11+,22-20-;20-9+;20-19-,21-10+;. The predicted octanol–water partition coefficient (Wildman–Crippen LogP) is 17.7. The highest BCUT2D eigenvalue weighted by Gasteiger charge is 2.25. The van der Waals surface area contributed by atoms with Gasteiger partial charge in [-0.15, -0.1) is 0 Å². The molecule has 2 aliphatic rings. The molecular weight excluding hydrogens is 1690 g/mol. The van der Waals surface area contributed by atoms with Crippen molar-refractivity contribution in [3.8, 4) is 45.3 Å². The Balaban J connectivity index is 0.000000234. The molecule has 11 rings (SSSR count). The average molecular weight is 1780 g/mol. The van der Waals surface area contributed by atoms with E-state index >= 15 is 0 Å². The predicted molar refractivity (Wildman–Crippen MR) is 497 cm³/mol. The minimum Gasteiger partial charge on any atom is -0.494 e. The van der Waals surface area contributed by atoms with Crippen LogP contribution in [0.15, 0.2) is 285 Å². The van der Waals surface area contributed by atoms with Gasteiger partial charge in [-0.3, -0.25) is 19.2 Å². The van der Waals surface area contributed by atoms with E-state index in [0.29, 0.717) is 104 Å². The van der Waals surface area contributed by atoms with Crippen LogP contribution in [0.1, 0.15) is 102 Å². The Bertz CT molecular complexity index is 5690. The lowest BCUT2D eigenvalue weighted by Gasteiger charge is -2.14. The molecule has 0 saturated carbocycles. The van der Waals surface area contributed by atoms with Gasteiger partial charge in [0.15, 0.2) is 0 Å². The fourth-order valence-corrected chi connectivity index (χ4v) is 11.8. The molecule has 28 nitrogen and oxygen atoms in total. The van der Waals surface area contributed by atoms with Crippen LogP contribution < -0.4 is 34.5 Å². The summed E-state index contributed by atoms with van der Waals surface area (Å²) in [5, 5.41) is 13.8. The number of carboxylic acids is 1. The fourth-order valence-electron chi connectivity index (χ4n) is 11.8. The van der Waals surface area contributed by atoms with E-state index in [2.05, 4.69) is 34.6 Å². The van der Waals surface area contributed by atoms with E-state index in [9.17, 15) is 57.5 Å². The number of unbranched alkanes of at least 4 members (excludes halogenated alkanes) is 4. The molecule has 674 valence electrons. The highest BCUT2D eigenvalue weighted by atomic mass is 16.6. The van der Waals surface area contributed by atoms with Crippen LogP contribution in [0.3, 0.4) is 0 Å². The number of hydrogen-bond acceptors (Lipinski definition) is 21. The van der Waals surface area contributed by atoms with E-state index in [4.69, 9.17) is 58.0 Å². The molecule has 0 saturated heterocycles. The second kappa shape index (κ2) is 56.9. The monoisotopic (exact) mass is 1780 g/mol. The van der Waals surface area contributed by atoms with E-state index in [-0.39, 0.29) is 12.6 Å². The van der Waals surface area contributed by atoms with Crippen molar-refractivity contribution in [2.24, 2.45) is 0 Å².